The maximum atomic E-state index is 6.14. The van der Waals surface area contributed by atoms with Crippen molar-refractivity contribution in [2.75, 3.05) is 0 Å². The third-order valence-corrected chi connectivity index (χ3v) is 2.69. The van der Waals surface area contributed by atoms with Crippen LogP contribution in [0.4, 0.5) is 0 Å². The van der Waals surface area contributed by atoms with Crippen molar-refractivity contribution in [2.24, 2.45) is 11.5 Å². The quantitative estimate of drug-likeness (QED) is 0.852. The number of aryl methyl sites for hydroxylation is 1. The number of rotatable bonds is 3. The third kappa shape index (κ3) is 2.84. The molecule has 0 fully saturated rings. The van der Waals surface area contributed by atoms with Gasteiger partial charge in [-0.2, -0.15) is 0 Å². The second-order valence-electron chi connectivity index (χ2n) is 5.26. The molecular weight excluding hydrogens is 214 g/mol. The van der Waals surface area contributed by atoms with Crippen molar-refractivity contribution >= 4 is 11.1 Å². The Balaban J connectivity index is 2.29. The summed E-state index contributed by atoms with van der Waals surface area (Å²) in [7, 11) is 0. The Morgan fingerprint density at radius 1 is 1.41 bits per heavy atom. The van der Waals surface area contributed by atoms with E-state index in [1.807, 2.05) is 39.0 Å². The molecule has 0 saturated heterocycles. The lowest BCUT2D eigenvalue weighted by molar-refractivity contribution is 0.429. The smallest absolute Gasteiger partial charge is 0.192 e. The molecule has 4 heteroatoms. The molecule has 2 rings (SSSR count). The van der Waals surface area contributed by atoms with Crippen LogP contribution in [0.5, 0.6) is 0 Å². The summed E-state index contributed by atoms with van der Waals surface area (Å²) >= 11 is 0. The van der Waals surface area contributed by atoms with Crippen LogP contribution in [0.1, 0.15) is 37.8 Å². The first-order chi connectivity index (χ1) is 7.85. The second kappa shape index (κ2) is 4.13. The van der Waals surface area contributed by atoms with Crippen molar-refractivity contribution in [2.45, 2.75) is 38.8 Å². The highest BCUT2D eigenvalue weighted by atomic mass is 16.3. The summed E-state index contributed by atoms with van der Waals surface area (Å²) < 4.78 is 5.43. The lowest BCUT2D eigenvalue weighted by Gasteiger charge is -2.23. The predicted octanol–water partition coefficient (Wildman–Crippen LogP) is 2.26. The van der Waals surface area contributed by atoms with Crippen molar-refractivity contribution in [1.82, 2.24) is 4.98 Å². The second-order valence-corrected chi connectivity index (χ2v) is 5.26. The van der Waals surface area contributed by atoms with Gasteiger partial charge in [-0.3, -0.25) is 0 Å². The number of nitrogens with zero attached hydrogens (tertiary/aromatic N) is 1. The minimum Gasteiger partial charge on any atom is -0.441 e. The average Bonchev–Trinajstić information content (AvgIpc) is 2.53. The molecule has 0 aliphatic heterocycles. The van der Waals surface area contributed by atoms with Gasteiger partial charge in [-0.1, -0.05) is 6.07 Å². The standard InChI is InChI=1S/C13H19N3O/c1-8-16-11-6-9(4-5-12(11)17-8)10(14)7-13(2,3)15/h4-6,10H,7,14-15H2,1-3H3. The van der Waals surface area contributed by atoms with Gasteiger partial charge in [-0.05, 0) is 38.0 Å². The van der Waals surface area contributed by atoms with E-state index in [9.17, 15) is 0 Å². The Labute approximate surface area is 101 Å². The molecule has 0 radical (unpaired) electrons. The van der Waals surface area contributed by atoms with Gasteiger partial charge in [0.1, 0.15) is 5.52 Å². The molecule has 4 nitrogen and oxygen atoms in total. The first-order valence-electron chi connectivity index (χ1n) is 5.77. The highest BCUT2D eigenvalue weighted by molar-refractivity contribution is 5.73. The van der Waals surface area contributed by atoms with E-state index in [1.165, 1.54) is 0 Å². The molecule has 2 aromatic rings. The Hall–Kier alpha value is -1.39. The fraction of sp³-hybridized carbons (Fsp3) is 0.462. The van der Waals surface area contributed by atoms with Crippen LogP contribution in [0, 0.1) is 6.92 Å². The molecule has 1 aromatic heterocycles. The van der Waals surface area contributed by atoms with Gasteiger partial charge >= 0.3 is 0 Å². The summed E-state index contributed by atoms with van der Waals surface area (Å²) in [6, 6.07) is 5.79. The van der Waals surface area contributed by atoms with Gasteiger partial charge in [0.2, 0.25) is 0 Å². The summed E-state index contributed by atoms with van der Waals surface area (Å²) in [6.45, 7) is 5.79. The van der Waals surface area contributed by atoms with Crippen LogP contribution in [0.3, 0.4) is 0 Å². The molecule has 0 bridgehead atoms. The van der Waals surface area contributed by atoms with Crippen LogP contribution >= 0.6 is 0 Å². The zero-order valence-electron chi connectivity index (χ0n) is 10.5. The summed E-state index contributed by atoms with van der Waals surface area (Å²) in [5.41, 5.74) is 14.5. The molecule has 0 amide bonds. The van der Waals surface area contributed by atoms with Crippen LogP contribution in [0.2, 0.25) is 0 Å². The fourth-order valence-corrected chi connectivity index (χ4v) is 1.97. The summed E-state index contributed by atoms with van der Waals surface area (Å²) in [5.74, 6) is 0.671. The number of aromatic nitrogens is 1. The molecular formula is C13H19N3O. The van der Waals surface area contributed by atoms with E-state index < -0.39 is 0 Å². The fourth-order valence-electron chi connectivity index (χ4n) is 1.97. The number of hydrogen-bond donors (Lipinski definition) is 2. The van der Waals surface area contributed by atoms with E-state index in [0.717, 1.165) is 23.1 Å². The van der Waals surface area contributed by atoms with Crippen molar-refractivity contribution in [3.05, 3.63) is 29.7 Å². The van der Waals surface area contributed by atoms with E-state index in [0.29, 0.717) is 5.89 Å². The number of oxazole rings is 1. The molecule has 1 heterocycles. The monoisotopic (exact) mass is 233 g/mol. The Kier molecular flexibility index (Phi) is 2.93. The first kappa shape index (κ1) is 12.1. The molecule has 1 aromatic carbocycles. The summed E-state index contributed by atoms with van der Waals surface area (Å²) in [6.07, 6.45) is 0.731. The molecule has 92 valence electrons. The van der Waals surface area contributed by atoms with Crippen LogP contribution in [-0.4, -0.2) is 10.5 Å². The van der Waals surface area contributed by atoms with Crippen LogP contribution in [-0.2, 0) is 0 Å². The maximum absolute atomic E-state index is 6.14. The average molecular weight is 233 g/mol. The van der Waals surface area contributed by atoms with E-state index in [-0.39, 0.29) is 11.6 Å². The zero-order valence-corrected chi connectivity index (χ0v) is 10.5. The lowest BCUT2D eigenvalue weighted by Crippen LogP contribution is -2.35. The van der Waals surface area contributed by atoms with Gasteiger partial charge in [0.15, 0.2) is 11.5 Å². The molecule has 1 atom stereocenters. The molecule has 0 aliphatic carbocycles. The SMILES string of the molecule is Cc1nc2cc(C(N)CC(C)(C)N)ccc2o1. The molecule has 17 heavy (non-hydrogen) atoms. The predicted molar refractivity (Wildman–Crippen MR) is 68.6 cm³/mol. The zero-order chi connectivity index (χ0) is 12.6. The highest BCUT2D eigenvalue weighted by Crippen LogP contribution is 2.24. The molecule has 1 unspecified atom stereocenters. The van der Waals surface area contributed by atoms with Gasteiger partial charge in [0, 0.05) is 18.5 Å². The molecule has 0 saturated carbocycles. The molecule has 4 N–H and O–H groups in total. The normalized spacial score (nSPS) is 14.2. The van der Waals surface area contributed by atoms with E-state index in [4.69, 9.17) is 15.9 Å². The largest absolute Gasteiger partial charge is 0.441 e. The van der Waals surface area contributed by atoms with Gasteiger partial charge in [0.05, 0.1) is 0 Å². The third-order valence-electron chi connectivity index (χ3n) is 2.69. The number of hydrogen-bond acceptors (Lipinski definition) is 4. The number of nitrogens with two attached hydrogens (primary N) is 2. The van der Waals surface area contributed by atoms with E-state index in [1.54, 1.807) is 0 Å². The number of fused-ring (bicyclic) bond motifs is 1. The summed E-state index contributed by atoms with van der Waals surface area (Å²) in [5, 5.41) is 0. The van der Waals surface area contributed by atoms with Crippen molar-refractivity contribution in [3.8, 4) is 0 Å². The Bertz CT molecular complexity index is 525. The van der Waals surface area contributed by atoms with E-state index >= 15 is 0 Å². The van der Waals surface area contributed by atoms with Crippen LogP contribution < -0.4 is 11.5 Å². The van der Waals surface area contributed by atoms with Crippen molar-refractivity contribution < 1.29 is 4.42 Å². The minimum atomic E-state index is -0.270. The summed E-state index contributed by atoms with van der Waals surface area (Å²) in [4.78, 5) is 4.30. The van der Waals surface area contributed by atoms with Crippen molar-refractivity contribution in [3.63, 3.8) is 0 Å². The van der Waals surface area contributed by atoms with Crippen molar-refractivity contribution in [1.29, 1.82) is 0 Å². The van der Waals surface area contributed by atoms with Crippen LogP contribution in [0.15, 0.2) is 22.6 Å². The minimum absolute atomic E-state index is 0.0728. The first-order valence-corrected chi connectivity index (χ1v) is 5.77. The topological polar surface area (TPSA) is 78.1 Å². The van der Waals surface area contributed by atoms with Gasteiger partial charge in [0.25, 0.3) is 0 Å². The lowest BCUT2D eigenvalue weighted by atomic mass is 9.92. The Morgan fingerprint density at radius 3 is 2.76 bits per heavy atom. The Morgan fingerprint density at radius 2 is 2.12 bits per heavy atom. The molecule has 0 aliphatic rings. The van der Waals surface area contributed by atoms with Gasteiger partial charge in [-0.25, -0.2) is 4.98 Å². The van der Waals surface area contributed by atoms with E-state index in [2.05, 4.69) is 4.98 Å². The maximum Gasteiger partial charge on any atom is 0.192 e. The molecule has 0 spiro atoms. The van der Waals surface area contributed by atoms with Gasteiger partial charge < -0.3 is 15.9 Å². The highest BCUT2D eigenvalue weighted by Gasteiger charge is 2.18. The van der Waals surface area contributed by atoms with Gasteiger partial charge in [-0.15, -0.1) is 0 Å². The van der Waals surface area contributed by atoms with Crippen LogP contribution in [0.25, 0.3) is 11.1 Å². The number of benzene rings is 1.